The molecular formula is C17H14N4. The number of rotatable bonds is 2. The van der Waals surface area contributed by atoms with Crippen LogP contribution < -0.4 is 0 Å². The number of nitriles is 1. The molecular weight excluding hydrogens is 260 g/mol. The molecule has 1 N–H and O–H groups in total. The average Bonchev–Trinajstić information content (AvgIpc) is 2.89. The largest absolute Gasteiger partial charge is 0.337 e. The fourth-order valence-corrected chi connectivity index (χ4v) is 2.16. The van der Waals surface area contributed by atoms with Crippen molar-refractivity contribution in [2.24, 2.45) is 0 Å². The molecule has 0 bridgehead atoms. The average molecular weight is 274 g/mol. The van der Waals surface area contributed by atoms with Crippen molar-refractivity contribution in [1.82, 2.24) is 15.0 Å². The highest BCUT2D eigenvalue weighted by Gasteiger charge is 2.09. The molecule has 2 aromatic heterocycles. The topological polar surface area (TPSA) is 65.4 Å². The maximum Gasteiger partial charge on any atom is 0.149 e. The Morgan fingerprint density at radius 2 is 2.05 bits per heavy atom. The van der Waals surface area contributed by atoms with Gasteiger partial charge in [0.25, 0.3) is 0 Å². The summed E-state index contributed by atoms with van der Waals surface area (Å²) in [6.07, 6.45) is 3.43. The van der Waals surface area contributed by atoms with Crippen molar-refractivity contribution in [3.05, 3.63) is 59.2 Å². The Balaban J connectivity index is 2.10. The van der Waals surface area contributed by atoms with E-state index in [4.69, 9.17) is 0 Å². The maximum atomic E-state index is 9.37. The monoisotopic (exact) mass is 274 g/mol. The molecule has 0 amide bonds. The van der Waals surface area contributed by atoms with Crippen molar-refractivity contribution in [2.75, 3.05) is 0 Å². The third kappa shape index (κ3) is 2.54. The lowest BCUT2D eigenvalue weighted by atomic mass is 10.1. The first-order chi connectivity index (χ1) is 10.2. The van der Waals surface area contributed by atoms with Crippen molar-refractivity contribution in [1.29, 1.82) is 5.26 Å². The number of benzene rings is 1. The van der Waals surface area contributed by atoms with E-state index < -0.39 is 0 Å². The summed E-state index contributed by atoms with van der Waals surface area (Å²) in [7, 11) is 0. The van der Waals surface area contributed by atoms with Gasteiger partial charge in [-0.05, 0) is 55.3 Å². The minimum absolute atomic E-state index is 0.472. The molecule has 0 fully saturated rings. The first kappa shape index (κ1) is 13.1. The van der Waals surface area contributed by atoms with Gasteiger partial charge in [-0.3, -0.25) is 4.98 Å². The van der Waals surface area contributed by atoms with Gasteiger partial charge >= 0.3 is 0 Å². The molecule has 0 aliphatic rings. The summed E-state index contributed by atoms with van der Waals surface area (Å²) in [6.45, 7) is 4.11. The number of fused-ring (bicyclic) bond motifs is 1. The SMILES string of the molecule is Cc1cc2nc(/C(C#N)=C\c3ccccn3)[nH]c2cc1C. The number of nitrogens with zero attached hydrogens (tertiary/aromatic N) is 3. The first-order valence-electron chi connectivity index (χ1n) is 6.67. The van der Waals surface area contributed by atoms with Crippen LogP contribution in [-0.4, -0.2) is 15.0 Å². The van der Waals surface area contributed by atoms with Crippen LogP contribution in [-0.2, 0) is 0 Å². The highest BCUT2D eigenvalue weighted by molar-refractivity contribution is 5.90. The highest BCUT2D eigenvalue weighted by Crippen LogP contribution is 2.21. The summed E-state index contributed by atoms with van der Waals surface area (Å²) < 4.78 is 0. The summed E-state index contributed by atoms with van der Waals surface area (Å²) in [5.41, 5.74) is 5.41. The minimum atomic E-state index is 0.472. The van der Waals surface area contributed by atoms with Gasteiger partial charge in [0.05, 0.1) is 22.3 Å². The zero-order valence-corrected chi connectivity index (χ0v) is 11.9. The van der Waals surface area contributed by atoms with E-state index in [0.29, 0.717) is 11.4 Å². The fraction of sp³-hybridized carbons (Fsp3) is 0.118. The Hall–Kier alpha value is -2.93. The van der Waals surface area contributed by atoms with Crippen LogP contribution in [0.25, 0.3) is 22.7 Å². The second-order valence-corrected chi connectivity index (χ2v) is 4.96. The number of hydrogen-bond acceptors (Lipinski definition) is 3. The minimum Gasteiger partial charge on any atom is -0.337 e. The van der Waals surface area contributed by atoms with Crippen molar-refractivity contribution in [3.8, 4) is 6.07 Å². The molecule has 0 atom stereocenters. The van der Waals surface area contributed by atoms with Gasteiger partial charge in [0.1, 0.15) is 11.9 Å². The van der Waals surface area contributed by atoms with Gasteiger partial charge < -0.3 is 4.98 Å². The van der Waals surface area contributed by atoms with E-state index in [1.54, 1.807) is 12.3 Å². The van der Waals surface area contributed by atoms with E-state index in [0.717, 1.165) is 16.7 Å². The molecule has 3 rings (SSSR count). The van der Waals surface area contributed by atoms with Crippen LogP contribution >= 0.6 is 0 Å². The predicted molar refractivity (Wildman–Crippen MR) is 83.3 cm³/mol. The number of hydrogen-bond donors (Lipinski definition) is 1. The maximum absolute atomic E-state index is 9.37. The van der Waals surface area contributed by atoms with Gasteiger partial charge in [-0.1, -0.05) is 6.07 Å². The number of imidazole rings is 1. The molecule has 21 heavy (non-hydrogen) atoms. The van der Waals surface area contributed by atoms with Gasteiger partial charge in [0.2, 0.25) is 0 Å². The van der Waals surface area contributed by atoms with Gasteiger partial charge in [-0.15, -0.1) is 0 Å². The first-order valence-corrected chi connectivity index (χ1v) is 6.67. The molecule has 0 aliphatic carbocycles. The third-order valence-electron chi connectivity index (χ3n) is 3.45. The highest BCUT2D eigenvalue weighted by atomic mass is 14.9. The zero-order valence-electron chi connectivity index (χ0n) is 11.9. The molecule has 4 heteroatoms. The van der Waals surface area contributed by atoms with Crippen LogP contribution in [0, 0.1) is 25.2 Å². The Kier molecular flexibility index (Phi) is 3.25. The molecule has 3 aromatic rings. The van der Waals surface area contributed by atoms with Crippen LogP contribution in [0.15, 0.2) is 36.5 Å². The molecule has 0 saturated heterocycles. The van der Waals surface area contributed by atoms with E-state index in [1.165, 1.54) is 11.1 Å². The molecule has 0 unspecified atom stereocenters. The standard InChI is InChI=1S/C17H14N4/c1-11-7-15-16(8-12(11)2)21-17(20-15)13(10-18)9-14-5-3-4-6-19-14/h3-9H,1-2H3,(H,20,21)/b13-9-. The lowest BCUT2D eigenvalue weighted by Crippen LogP contribution is -1.86. The van der Waals surface area contributed by atoms with Crippen molar-refractivity contribution >= 4 is 22.7 Å². The van der Waals surface area contributed by atoms with Crippen LogP contribution in [0.3, 0.4) is 0 Å². The van der Waals surface area contributed by atoms with Crippen LogP contribution in [0.4, 0.5) is 0 Å². The number of aromatic nitrogens is 3. The molecule has 0 spiro atoms. The van der Waals surface area contributed by atoms with Crippen LogP contribution in [0.2, 0.25) is 0 Å². The summed E-state index contributed by atoms with van der Waals surface area (Å²) >= 11 is 0. The Labute approximate surface area is 122 Å². The quantitative estimate of drug-likeness (QED) is 0.725. The number of allylic oxidation sites excluding steroid dienone is 1. The molecule has 0 saturated carbocycles. The number of H-pyrrole nitrogens is 1. The molecule has 4 nitrogen and oxygen atoms in total. The van der Waals surface area contributed by atoms with Gasteiger partial charge in [0.15, 0.2) is 0 Å². The fourth-order valence-electron chi connectivity index (χ4n) is 2.16. The van der Waals surface area contributed by atoms with E-state index in [2.05, 4.69) is 40.9 Å². The Bertz CT molecular complexity index is 828. The molecule has 0 radical (unpaired) electrons. The second kappa shape index (κ2) is 5.22. The second-order valence-electron chi connectivity index (χ2n) is 4.96. The lowest BCUT2D eigenvalue weighted by molar-refractivity contribution is 1.26. The van der Waals surface area contributed by atoms with Crippen molar-refractivity contribution < 1.29 is 0 Å². The Morgan fingerprint density at radius 1 is 1.24 bits per heavy atom. The summed E-state index contributed by atoms with van der Waals surface area (Å²) in [4.78, 5) is 11.9. The van der Waals surface area contributed by atoms with E-state index in [-0.39, 0.29) is 0 Å². The Morgan fingerprint density at radius 3 is 2.76 bits per heavy atom. The predicted octanol–water partition coefficient (Wildman–Crippen LogP) is 3.64. The van der Waals surface area contributed by atoms with E-state index in [1.807, 2.05) is 24.3 Å². The number of aromatic amines is 1. The van der Waals surface area contributed by atoms with E-state index in [9.17, 15) is 5.26 Å². The van der Waals surface area contributed by atoms with Gasteiger partial charge in [-0.25, -0.2) is 4.98 Å². The van der Waals surface area contributed by atoms with Crippen molar-refractivity contribution in [3.63, 3.8) is 0 Å². The number of aryl methyl sites for hydroxylation is 2. The summed E-state index contributed by atoms with van der Waals surface area (Å²) in [5, 5.41) is 9.37. The number of nitrogens with one attached hydrogen (secondary N) is 1. The molecule has 1 aromatic carbocycles. The zero-order chi connectivity index (χ0) is 14.8. The normalized spacial score (nSPS) is 11.6. The van der Waals surface area contributed by atoms with Gasteiger partial charge in [-0.2, -0.15) is 5.26 Å². The van der Waals surface area contributed by atoms with Crippen LogP contribution in [0.1, 0.15) is 22.6 Å². The molecule has 102 valence electrons. The van der Waals surface area contributed by atoms with Crippen molar-refractivity contribution in [2.45, 2.75) is 13.8 Å². The smallest absolute Gasteiger partial charge is 0.149 e. The lowest BCUT2D eigenvalue weighted by Gasteiger charge is -1.97. The molecule has 2 heterocycles. The number of pyridine rings is 1. The summed E-state index contributed by atoms with van der Waals surface area (Å²) in [6, 6.07) is 11.9. The third-order valence-corrected chi connectivity index (χ3v) is 3.45. The van der Waals surface area contributed by atoms with Gasteiger partial charge in [0, 0.05) is 6.20 Å². The van der Waals surface area contributed by atoms with E-state index >= 15 is 0 Å². The summed E-state index contributed by atoms with van der Waals surface area (Å²) in [5.74, 6) is 0.572. The van der Waals surface area contributed by atoms with Crippen LogP contribution in [0.5, 0.6) is 0 Å². The molecule has 0 aliphatic heterocycles.